The van der Waals surface area contributed by atoms with Crippen molar-refractivity contribution < 1.29 is 4.48 Å². The van der Waals surface area contributed by atoms with Crippen LogP contribution in [-0.2, 0) is 0 Å². The minimum Gasteiger partial charge on any atom is -0.313 e. The van der Waals surface area contributed by atoms with Crippen LogP contribution in [0.5, 0.6) is 0 Å². The molecule has 0 aromatic rings. The standard InChI is InChI=1S/C6H15N2/c1-3-8(2)5-4-7-6-8/h7H,3-6H2,1-2H3/q+1. The Morgan fingerprint density at radius 1 is 1.62 bits per heavy atom. The summed E-state index contributed by atoms with van der Waals surface area (Å²) in [5, 5.41) is 3.34. The van der Waals surface area contributed by atoms with E-state index in [1.807, 2.05) is 0 Å². The predicted octanol–water partition coefficient (Wildman–Crippen LogP) is 0.0136. The van der Waals surface area contributed by atoms with Crippen molar-refractivity contribution in [3.05, 3.63) is 0 Å². The fraction of sp³-hybridized carbons (Fsp3) is 1.00. The van der Waals surface area contributed by atoms with Crippen molar-refractivity contribution in [3.8, 4) is 0 Å². The highest BCUT2D eigenvalue weighted by Gasteiger charge is 2.22. The van der Waals surface area contributed by atoms with Gasteiger partial charge in [-0.05, 0) is 6.92 Å². The lowest BCUT2D eigenvalue weighted by atomic mass is 10.5. The molecule has 8 heavy (non-hydrogen) atoms. The molecule has 48 valence electrons. The lowest BCUT2D eigenvalue weighted by Crippen LogP contribution is -2.41. The van der Waals surface area contributed by atoms with Crippen molar-refractivity contribution in [2.75, 3.05) is 33.4 Å². The van der Waals surface area contributed by atoms with Crippen LogP contribution in [-0.4, -0.2) is 37.8 Å². The van der Waals surface area contributed by atoms with E-state index in [1.54, 1.807) is 0 Å². The average Bonchev–Trinajstić information content (AvgIpc) is 2.17. The molecule has 2 nitrogen and oxygen atoms in total. The van der Waals surface area contributed by atoms with Gasteiger partial charge in [0.1, 0.15) is 6.67 Å². The predicted molar refractivity (Wildman–Crippen MR) is 34.5 cm³/mol. The summed E-state index contributed by atoms with van der Waals surface area (Å²) in [7, 11) is 2.29. The molecule has 1 N–H and O–H groups in total. The number of likely N-dealkylation sites (N-methyl/N-ethyl adjacent to an activating group) is 1. The third-order valence-corrected chi connectivity index (χ3v) is 2.09. The van der Waals surface area contributed by atoms with Gasteiger partial charge in [0.2, 0.25) is 0 Å². The molecule has 1 fully saturated rings. The van der Waals surface area contributed by atoms with Crippen LogP contribution in [0.4, 0.5) is 0 Å². The van der Waals surface area contributed by atoms with E-state index in [4.69, 9.17) is 0 Å². The Balaban J connectivity index is 2.40. The van der Waals surface area contributed by atoms with E-state index in [1.165, 1.54) is 24.1 Å². The van der Waals surface area contributed by atoms with E-state index < -0.39 is 0 Å². The fourth-order valence-electron chi connectivity index (χ4n) is 1.05. The summed E-state index contributed by atoms with van der Waals surface area (Å²) < 4.78 is 1.21. The number of quaternary nitrogens is 1. The Hall–Kier alpha value is -0.0800. The monoisotopic (exact) mass is 115 g/mol. The molecule has 2 heteroatoms. The summed E-state index contributed by atoms with van der Waals surface area (Å²) in [6, 6.07) is 0. The van der Waals surface area contributed by atoms with Gasteiger partial charge in [0.05, 0.1) is 20.1 Å². The van der Waals surface area contributed by atoms with E-state index in [0.717, 1.165) is 6.67 Å². The molecular weight excluding hydrogens is 100 g/mol. The number of rotatable bonds is 1. The highest BCUT2D eigenvalue weighted by molar-refractivity contribution is 4.48. The summed E-state index contributed by atoms with van der Waals surface area (Å²) in [6.07, 6.45) is 0. The van der Waals surface area contributed by atoms with Gasteiger partial charge in [0.15, 0.2) is 0 Å². The Morgan fingerprint density at radius 2 is 2.38 bits per heavy atom. The van der Waals surface area contributed by atoms with Gasteiger partial charge in [-0.3, -0.25) is 5.32 Å². The first kappa shape index (κ1) is 6.05. The van der Waals surface area contributed by atoms with Crippen molar-refractivity contribution in [2.45, 2.75) is 6.92 Å². The van der Waals surface area contributed by atoms with E-state index in [-0.39, 0.29) is 0 Å². The molecule has 1 heterocycles. The number of nitrogens with zero attached hydrogens (tertiary/aromatic N) is 1. The molecule has 0 amide bonds. The van der Waals surface area contributed by atoms with Gasteiger partial charge >= 0.3 is 0 Å². The normalized spacial score (nSPS) is 38.2. The number of nitrogens with one attached hydrogen (secondary N) is 1. The summed E-state index contributed by atoms with van der Waals surface area (Å²) in [5.41, 5.74) is 0. The Morgan fingerprint density at radius 3 is 2.62 bits per heavy atom. The van der Waals surface area contributed by atoms with E-state index in [0.29, 0.717) is 0 Å². The SMILES string of the molecule is CC[N+]1(C)CCNC1. The molecule has 1 saturated heterocycles. The average molecular weight is 115 g/mol. The first-order valence-corrected chi connectivity index (χ1v) is 3.31. The zero-order valence-corrected chi connectivity index (χ0v) is 5.78. The minimum atomic E-state index is 1.16. The quantitative estimate of drug-likeness (QED) is 0.475. The van der Waals surface area contributed by atoms with Crippen molar-refractivity contribution in [1.29, 1.82) is 0 Å². The second kappa shape index (κ2) is 2.03. The molecule has 0 aromatic carbocycles. The van der Waals surface area contributed by atoms with Crippen LogP contribution < -0.4 is 5.32 Å². The van der Waals surface area contributed by atoms with Crippen LogP contribution in [0.2, 0.25) is 0 Å². The van der Waals surface area contributed by atoms with Crippen LogP contribution in [0.3, 0.4) is 0 Å². The smallest absolute Gasteiger partial charge is 0.132 e. The van der Waals surface area contributed by atoms with Gasteiger partial charge in [-0.1, -0.05) is 0 Å². The molecule has 1 unspecified atom stereocenters. The lowest BCUT2D eigenvalue weighted by molar-refractivity contribution is -0.896. The maximum atomic E-state index is 3.34. The van der Waals surface area contributed by atoms with Crippen LogP contribution >= 0.6 is 0 Å². The molecule has 1 rings (SSSR count). The number of hydrogen-bond donors (Lipinski definition) is 1. The highest BCUT2D eigenvalue weighted by atomic mass is 15.4. The second-order valence-corrected chi connectivity index (χ2v) is 2.82. The third-order valence-electron chi connectivity index (χ3n) is 2.09. The van der Waals surface area contributed by atoms with Gasteiger partial charge in [-0.25, -0.2) is 0 Å². The van der Waals surface area contributed by atoms with Crippen LogP contribution in [0, 0.1) is 0 Å². The third kappa shape index (κ3) is 1.01. The zero-order chi connectivity index (χ0) is 6.04. The van der Waals surface area contributed by atoms with Crippen molar-refractivity contribution in [2.24, 2.45) is 0 Å². The maximum absolute atomic E-state index is 3.34. The van der Waals surface area contributed by atoms with Crippen molar-refractivity contribution >= 4 is 0 Å². The van der Waals surface area contributed by atoms with Gasteiger partial charge in [-0.15, -0.1) is 0 Å². The molecule has 1 atom stereocenters. The Labute approximate surface area is 51.1 Å². The summed E-state index contributed by atoms with van der Waals surface area (Å²) >= 11 is 0. The molecule has 0 aliphatic carbocycles. The summed E-state index contributed by atoms with van der Waals surface area (Å²) in [5.74, 6) is 0. The topological polar surface area (TPSA) is 12.0 Å². The van der Waals surface area contributed by atoms with Gasteiger partial charge in [-0.2, -0.15) is 0 Å². The molecular formula is C6H15N2+. The molecule has 1 aliphatic heterocycles. The summed E-state index contributed by atoms with van der Waals surface area (Å²) in [4.78, 5) is 0. The largest absolute Gasteiger partial charge is 0.313 e. The molecule has 0 spiro atoms. The van der Waals surface area contributed by atoms with Gasteiger partial charge in [0.25, 0.3) is 0 Å². The molecule has 0 radical (unpaired) electrons. The number of hydrogen-bond acceptors (Lipinski definition) is 1. The van der Waals surface area contributed by atoms with E-state index in [9.17, 15) is 0 Å². The van der Waals surface area contributed by atoms with Crippen LogP contribution in [0.15, 0.2) is 0 Å². The maximum Gasteiger partial charge on any atom is 0.132 e. The molecule has 0 saturated carbocycles. The lowest BCUT2D eigenvalue weighted by Gasteiger charge is -2.25. The van der Waals surface area contributed by atoms with Crippen LogP contribution in [0.25, 0.3) is 0 Å². The van der Waals surface area contributed by atoms with Gasteiger partial charge in [0, 0.05) is 6.54 Å². The van der Waals surface area contributed by atoms with Crippen LogP contribution in [0.1, 0.15) is 6.92 Å². The molecule has 0 bridgehead atoms. The fourth-order valence-corrected chi connectivity index (χ4v) is 1.05. The van der Waals surface area contributed by atoms with E-state index in [2.05, 4.69) is 19.3 Å². The van der Waals surface area contributed by atoms with Crippen molar-refractivity contribution in [1.82, 2.24) is 5.32 Å². The van der Waals surface area contributed by atoms with Gasteiger partial charge < -0.3 is 4.48 Å². The van der Waals surface area contributed by atoms with Crippen molar-refractivity contribution in [3.63, 3.8) is 0 Å². The minimum absolute atomic E-state index is 1.16. The van der Waals surface area contributed by atoms with E-state index >= 15 is 0 Å². The molecule has 0 aromatic heterocycles. The highest BCUT2D eigenvalue weighted by Crippen LogP contribution is 2.02. The summed E-state index contributed by atoms with van der Waals surface area (Å²) in [6.45, 7) is 7.16. The second-order valence-electron chi connectivity index (χ2n) is 2.82. The first-order valence-electron chi connectivity index (χ1n) is 3.31. The Kier molecular flexibility index (Phi) is 1.54. The zero-order valence-electron chi connectivity index (χ0n) is 5.78. The molecule has 1 aliphatic rings. The Bertz CT molecular complexity index is 74.6. The first-order chi connectivity index (χ1) is 3.77.